The average molecular weight is 1030 g/mol. The van der Waals surface area contributed by atoms with Gasteiger partial charge in [-0.1, -0.05) is 154 Å². The molecule has 0 aromatic heterocycles. The van der Waals surface area contributed by atoms with E-state index in [0.717, 1.165) is 62.8 Å². The molecule has 2 aromatic rings. The van der Waals surface area contributed by atoms with E-state index >= 15 is 0 Å². The predicted molar refractivity (Wildman–Crippen MR) is 199 cm³/mol. The van der Waals surface area contributed by atoms with E-state index in [-0.39, 0.29) is 140 Å². The molecular formula is C36H58CsO12RbS4. The zero-order valence-corrected chi connectivity index (χ0v) is 47.2. The fourth-order valence-electron chi connectivity index (χ4n) is 5.37. The molecule has 0 saturated heterocycles. The fraction of sp³-hybridized carbons (Fsp3) is 0.667. The van der Waals surface area contributed by atoms with Crippen LogP contribution in [0.25, 0.3) is 0 Å². The maximum atomic E-state index is 12.1. The Hall–Kier alpha value is 1.94. The van der Waals surface area contributed by atoms with Crippen molar-refractivity contribution in [2.24, 2.45) is 0 Å². The molecule has 2 aromatic carbocycles. The summed E-state index contributed by atoms with van der Waals surface area (Å²) in [4.78, 5) is -2.74. The summed E-state index contributed by atoms with van der Waals surface area (Å²) in [7, 11) is -18.3. The van der Waals surface area contributed by atoms with E-state index in [9.17, 15) is 42.8 Å². The van der Waals surface area contributed by atoms with Gasteiger partial charge in [0.2, 0.25) is 0 Å². The second-order valence-corrected chi connectivity index (χ2v) is 18.6. The van der Waals surface area contributed by atoms with E-state index in [1.165, 1.54) is 101 Å². The van der Waals surface area contributed by atoms with Crippen LogP contribution in [0.15, 0.2) is 68.1 Å². The Morgan fingerprint density at radius 3 is 0.870 bits per heavy atom. The molecule has 0 amide bonds. The monoisotopic (exact) mass is 1030 g/mol. The van der Waals surface area contributed by atoms with E-state index in [0.29, 0.717) is 12.8 Å². The van der Waals surface area contributed by atoms with Crippen LogP contribution in [0.3, 0.4) is 0 Å². The van der Waals surface area contributed by atoms with Crippen molar-refractivity contribution in [3.05, 3.63) is 48.5 Å². The third kappa shape index (κ3) is 26.2. The van der Waals surface area contributed by atoms with E-state index in [1.807, 2.05) is 0 Å². The van der Waals surface area contributed by atoms with Crippen molar-refractivity contribution < 1.29 is 178 Å². The zero-order chi connectivity index (χ0) is 38.9. The third-order valence-electron chi connectivity index (χ3n) is 8.25. The molecule has 0 fully saturated rings. The Morgan fingerprint density at radius 1 is 0.407 bits per heavy atom. The van der Waals surface area contributed by atoms with Gasteiger partial charge in [-0.2, -0.15) is 16.8 Å². The molecule has 0 aliphatic carbocycles. The van der Waals surface area contributed by atoms with Crippen molar-refractivity contribution in [2.45, 2.75) is 162 Å². The van der Waals surface area contributed by atoms with Gasteiger partial charge < -0.3 is 9.11 Å². The van der Waals surface area contributed by atoms with Gasteiger partial charge in [0, 0.05) is 0 Å². The minimum absolute atomic E-state index is 0. The molecule has 18 heteroatoms. The van der Waals surface area contributed by atoms with Crippen LogP contribution in [-0.2, 0) is 48.8 Å². The molecule has 0 spiro atoms. The summed E-state index contributed by atoms with van der Waals surface area (Å²) in [5.74, 6) is 0. The molecule has 0 saturated carbocycles. The first-order valence-electron chi connectivity index (χ1n) is 18.5. The van der Waals surface area contributed by atoms with Gasteiger partial charge in [-0.15, -0.1) is 0 Å². The Balaban J connectivity index is 0. The SMILES string of the molecule is CCCCCCCCCCCCOS(=O)(=O)c1ccccc1S(=O)(=O)[O-].CCCCCCCCCCCCOS(=O)(=O)c1ccccc1S(=O)(=O)[O-].[Cs+].[Rb+]. The van der Waals surface area contributed by atoms with E-state index in [4.69, 9.17) is 8.37 Å². The number of rotatable bonds is 28. The molecule has 2 rings (SSSR count). The maximum Gasteiger partial charge on any atom is 1.00 e. The van der Waals surface area contributed by atoms with Crippen LogP contribution < -0.4 is 127 Å². The summed E-state index contributed by atoms with van der Waals surface area (Å²) in [6, 6.07) is 9.38. The van der Waals surface area contributed by atoms with Crippen molar-refractivity contribution in [2.75, 3.05) is 13.2 Å². The first-order chi connectivity index (χ1) is 24.6. The standard InChI is InChI=1S/2C18H30O6S2.Cs.Rb/c2*1-2-3-4-5-6-7-8-9-10-13-16-24-26(22,23)18-15-12-11-14-17(18)25(19,20)21;;/h2*11-12,14-15H,2-10,13,16H2,1H3,(H,19,20,21);;/q;;2*+1/p-2. The van der Waals surface area contributed by atoms with Gasteiger partial charge in [-0.3, -0.25) is 8.37 Å². The Kier molecular flexibility index (Phi) is 35.1. The number of hydrogen-bond donors (Lipinski definition) is 0. The van der Waals surface area contributed by atoms with Gasteiger partial charge in [-0.05, 0) is 37.1 Å². The summed E-state index contributed by atoms with van der Waals surface area (Å²) in [6.45, 7) is 4.35. The van der Waals surface area contributed by atoms with Crippen molar-refractivity contribution in [1.29, 1.82) is 0 Å². The van der Waals surface area contributed by atoms with Crippen LogP contribution in [0.2, 0.25) is 0 Å². The van der Waals surface area contributed by atoms with Gasteiger partial charge in [0.1, 0.15) is 30.0 Å². The average Bonchev–Trinajstić information content (AvgIpc) is 3.09. The van der Waals surface area contributed by atoms with Crippen LogP contribution >= 0.6 is 0 Å². The molecule has 0 N–H and O–H groups in total. The number of unbranched alkanes of at least 4 members (excludes halogenated alkanes) is 18. The topological polar surface area (TPSA) is 201 Å². The molecule has 0 aliphatic rings. The normalized spacial score (nSPS) is 11.9. The van der Waals surface area contributed by atoms with Gasteiger partial charge in [-0.25, -0.2) is 16.8 Å². The smallest absolute Gasteiger partial charge is 0.744 e. The number of benzene rings is 2. The largest absolute Gasteiger partial charge is 1.00 e. The molecule has 0 atom stereocenters. The predicted octanol–water partition coefficient (Wildman–Crippen LogP) is 2.44. The first-order valence-corrected chi connectivity index (χ1v) is 24.1. The van der Waals surface area contributed by atoms with Crippen molar-refractivity contribution in [1.82, 2.24) is 0 Å². The molecule has 0 bridgehead atoms. The van der Waals surface area contributed by atoms with Crippen LogP contribution in [0.1, 0.15) is 142 Å². The van der Waals surface area contributed by atoms with Gasteiger partial charge in [0.25, 0.3) is 20.2 Å². The fourth-order valence-corrected chi connectivity index (χ4v) is 9.76. The first kappa shape index (κ1) is 58.0. The third-order valence-corrected chi connectivity index (χ3v) is 13.0. The molecule has 0 unspecified atom stereocenters. The van der Waals surface area contributed by atoms with Crippen LogP contribution in [0.5, 0.6) is 0 Å². The minimum atomic E-state index is -4.88. The Bertz CT molecular complexity index is 1590. The van der Waals surface area contributed by atoms with Crippen molar-refractivity contribution in [3.8, 4) is 0 Å². The van der Waals surface area contributed by atoms with Gasteiger partial charge >= 0.3 is 127 Å². The van der Waals surface area contributed by atoms with Crippen LogP contribution in [-0.4, -0.2) is 56.0 Å². The summed E-state index contributed by atoms with van der Waals surface area (Å²) < 4.78 is 125. The Morgan fingerprint density at radius 2 is 0.630 bits per heavy atom. The van der Waals surface area contributed by atoms with E-state index in [2.05, 4.69) is 13.8 Å². The van der Waals surface area contributed by atoms with Crippen LogP contribution in [0, 0.1) is 0 Å². The number of hydrogen-bond acceptors (Lipinski definition) is 12. The van der Waals surface area contributed by atoms with Gasteiger partial charge in [0.05, 0.1) is 23.0 Å². The summed E-state index contributed by atoms with van der Waals surface area (Å²) in [5, 5.41) is 0. The molecule has 0 aliphatic heterocycles. The summed E-state index contributed by atoms with van der Waals surface area (Å²) in [6.07, 6.45) is 22.2. The molecule has 300 valence electrons. The summed E-state index contributed by atoms with van der Waals surface area (Å²) >= 11 is 0. The van der Waals surface area contributed by atoms with Crippen molar-refractivity contribution >= 4 is 40.5 Å². The zero-order valence-electron chi connectivity index (χ0n) is 32.7. The molecule has 54 heavy (non-hydrogen) atoms. The van der Waals surface area contributed by atoms with E-state index in [1.54, 1.807) is 0 Å². The van der Waals surface area contributed by atoms with Gasteiger partial charge in [0.15, 0.2) is 0 Å². The van der Waals surface area contributed by atoms with Crippen molar-refractivity contribution in [3.63, 3.8) is 0 Å². The molecule has 12 nitrogen and oxygen atoms in total. The van der Waals surface area contributed by atoms with Crippen LogP contribution in [0.4, 0.5) is 0 Å². The quantitative estimate of drug-likeness (QED) is 0.0686. The second-order valence-electron chi connectivity index (χ2n) is 12.7. The second kappa shape index (κ2) is 32.7. The molecule has 0 heterocycles. The van der Waals surface area contributed by atoms with E-state index < -0.39 is 60.1 Å². The molecule has 0 radical (unpaired) electrons. The maximum absolute atomic E-state index is 12.1. The summed E-state index contributed by atoms with van der Waals surface area (Å²) in [5.41, 5.74) is 0. The molecular weight excluding hydrogens is 971 g/mol. The Labute approximate surface area is 434 Å². The minimum Gasteiger partial charge on any atom is -0.744 e.